The maximum absolute atomic E-state index is 13.4. The fraction of sp³-hybridized carbons (Fsp3) is 0.192. The number of carbonyl (C=O) groups is 2. The number of unbranched alkanes of at least 4 members (excludes halogenated alkanes) is 1. The molecule has 0 amide bonds. The van der Waals surface area contributed by atoms with Gasteiger partial charge in [0.05, 0.1) is 28.7 Å². The van der Waals surface area contributed by atoms with Crippen LogP contribution in [0.25, 0.3) is 33.4 Å². The number of carboxylic acid groups (broad SMARTS) is 2. The van der Waals surface area contributed by atoms with Crippen LogP contribution in [-0.4, -0.2) is 70.8 Å². The summed E-state index contributed by atoms with van der Waals surface area (Å²) in [5.74, 6) is -1.77. The Hall–Kier alpha value is -8.00. The molecule has 17 nitrogen and oxygen atoms in total. The Morgan fingerprint density at radius 1 is 0.662 bits per heavy atom. The molecule has 6 aromatic rings. The summed E-state index contributed by atoms with van der Waals surface area (Å²) in [6.45, 7) is 9.82. The highest BCUT2D eigenvalue weighted by molar-refractivity contribution is 7.90. The number of hydrogen-bond donors (Lipinski definition) is 7. The third-order valence-electron chi connectivity index (χ3n) is 11.8. The van der Waals surface area contributed by atoms with E-state index in [9.17, 15) is 41.2 Å². The largest absolute Gasteiger partial charge is 0.478 e. The van der Waals surface area contributed by atoms with Gasteiger partial charge in [0.1, 0.15) is 22.1 Å². The van der Waals surface area contributed by atoms with Crippen LogP contribution in [0, 0.1) is 34.6 Å². The number of fused-ring (bicyclic) bond motifs is 2. The van der Waals surface area contributed by atoms with Crippen molar-refractivity contribution in [2.24, 2.45) is 0 Å². The van der Waals surface area contributed by atoms with E-state index in [-0.39, 0.29) is 45.1 Å². The molecule has 2 heterocycles. The Kier molecular flexibility index (Phi) is 14.0. The van der Waals surface area contributed by atoms with Gasteiger partial charge < -0.3 is 30.6 Å². The minimum Gasteiger partial charge on any atom is -0.478 e. The maximum atomic E-state index is 13.4. The number of para-hydroxylation sites is 1. The van der Waals surface area contributed by atoms with E-state index in [0.717, 1.165) is 45.4 Å². The molecular formula is C52H50N7O10S2+. The number of aromatic nitrogens is 3. The first-order chi connectivity index (χ1) is 33.7. The zero-order valence-corrected chi connectivity index (χ0v) is 40.9. The molecule has 0 saturated heterocycles. The molecule has 8 rings (SSSR count). The third kappa shape index (κ3) is 11.6. The maximum Gasteiger partial charge on any atom is 0.335 e. The van der Waals surface area contributed by atoms with E-state index in [2.05, 4.69) is 35.9 Å². The van der Waals surface area contributed by atoms with Crippen molar-refractivity contribution in [1.82, 2.24) is 15.0 Å². The molecule has 1 aliphatic heterocycles. The number of sulfone groups is 1. The number of hydrogen-bond acceptors (Lipinski definition) is 13. The van der Waals surface area contributed by atoms with E-state index >= 15 is 0 Å². The Morgan fingerprint density at radius 3 is 2.01 bits per heavy atom. The number of nitrogens with zero attached hydrogens (tertiary/aromatic N) is 3. The predicted molar refractivity (Wildman–Crippen MR) is 270 cm³/mol. The van der Waals surface area contributed by atoms with Gasteiger partial charge in [-0.05, 0) is 119 Å². The lowest BCUT2D eigenvalue weighted by Crippen LogP contribution is -2.71. The first-order valence-electron chi connectivity index (χ1n) is 22.4. The summed E-state index contributed by atoms with van der Waals surface area (Å²) in [5, 5.41) is 29.5. The van der Waals surface area contributed by atoms with Gasteiger partial charge in [0.2, 0.25) is 22.9 Å². The molecule has 71 heavy (non-hydrogen) atoms. The predicted octanol–water partition coefficient (Wildman–Crippen LogP) is 8.18. The highest BCUT2D eigenvalue weighted by Gasteiger charge is 2.25. The summed E-state index contributed by atoms with van der Waals surface area (Å²) < 4.78 is 69.1. The highest BCUT2D eigenvalue weighted by Crippen LogP contribution is 2.43. The number of aryl methyl sites for hydroxylation is 5. The quantitative estimate of drug-likeness (QED) is 0.0258. The van der Waals surface area contributed by atoms with Crippen LogP contribution in [0.3, 0.4) is 0 Å². The average Bonchev–Trinajstić information content (AvgIpc) is 3.29. The molecule has 0 atom stereocenters. The normalized spacial score (nSPS) is 12.1. The lowest BCUT2D eigenvalue weighted by Gasteiger charge is -2.18. The zero-order valence-electron chi connectivity index (χ0n) is 39.3. The summed E-state index contributed by atoms with van der Waals surface area (Å²) in [6.07, 6.45) is 0.835. The van der Waals surface area contributed by atoms with Crippen molar-refractivity contribution < 1.29 is 50.6 Å². The minimum absolute atomic E-state index is 0.0581. The molecular weight excluding hydrogens is 947 g/mol. The number of nitrogens with one attached hydrogen (secondary N) is 4. The molecule has 2 aliphatic rings. The van der Waals surface area contributed by atoms with Crippen molar-refractivity contribution in [1.29, 1.82) is 0 Å². The van der Waals surface area contributed by atoms with Crippen molar-refractivity contribution in [2.45, 2.75) is 58.1 Å². The summed E-state index contributed by atoms with van der Waals surface area (Å²) in [5.41, 5.74) is 8.58. The molecule has 0 radical (unpaired) electrons. The van der Waals surface area contributed by atoms with Gasteiger partial charge in [-0.2, -0.15) is 23.4 Å². The SMILES string of the molecule is Cc1nc(NCCCCS(=O)(=O)Cc2cc(C)c([NH+]=c3ccc4c(-c5ccccc5S(=O)(=O)O)c5ccc(Nc6c(C)cccc6C)cc5oc-4c3)c(C)c2)nc(Nc2cc(C(=O)O)cc(C(=O)O)c2)n1. The van der Waals surface area contributed by atoms with Crippen LogP contribution in [-0.2, 0) is 25.7 Å². The number of benzene rings is 6. The van der Waals surface area contributed by atoms with Crippen LogP contribution in [0.2, 0.25) is 0 Å². The van der Waals surface area contributed by atoms with Crippen LogP contribution < -0.4 is 26.3 Å². The second-order valence-electron chi connectivity index (χ2n) is 17.3. The van der Waals surface area contributed by atoms with Gasteiger partial charge in [-0.1, -0.05) is 36.4 Å². The second-order valence-corrected chi connectivity index (χ2v) is 20.9. The van der Waals surface area contributed by atoms with E-state index in [1.54, 1.807) is 25.1 Å². The molecule has 1 aromatic heterocycles. The topological polar surface area (TPSA) is 265 Å². The van der Waals surface area contributed by atoms with Gasteiger partial charge in [-0.3, -0.25) is 4.55 Å². The fourth-order valence-corrected chi connectivity index (χ4v) is 10.7. The van der Waals surface area contributed by atoms with Crippen molar-refractivity contribution >= 4 is 77.5 Å². The number of carboxylic acids is 2. The molecule has 0 bridgehead atoms. The van der Waals surface area contributed by atoms with Crippen LogP contribution in [0.1, 0.15) is 67.2 Å². The fourth-order valence-electron chi connectivity index (χ4n) is 8.53. The van der Waals surface area contributed by atoms with Gasteiger partial charge in [-0.15, -0.1) is 0 Å². The Labute approximate surface area is 409 Å². The lowest BCUT2D eigenvalue weighted by molar-refractivity contribution is -0.403. The number of rotatable bonds is 17. The highest BCUT2D eigenvalue weighted by atomic mass is 32.2. The minimum atomic E-state index is -4.61. The van der Waals surface area contributed by atoms with E-state index in [1.165, 1.54) is 18.2 Å². The first kappa shape index (κ1) is 49.4. The number of aromatic carboxylic acids is 2. The second kappa shape index (κ2) is 20.2. The molecule has 0 saturated carbocycles. The Bertz CT molecular complexity index is 3610. The van der Waals surface area contributed by atoms with Crippen molar-refractivity contribution in [3.05, 3.63) is 159 Å². The van der Waals surface area contributed by atoms with Crippen LogP contribution in [0.5, 0.6) is 0 Å². The van der Waals surface area contributed by atoms with Crippen LogP contribution >= 0.6 is 0 Å². The van der Waals surface area contributed by atoms with Gasteiger partial charge >= 0.3 is 11.9 Å². The van der Waals surface area contributed by atoms with Crippen molar-refractivity contribution in [3.63, 3.8) is 0 Å². The summed E-state index contributed by atoms with van der Waals surface area (Å²) in [7, 11) is -8.12. The molecule has 5 aromatic carbocycles. The van der Waals surface area contributed by atoms with Crippen molar-refractivity contribution in [3.8, 4) is 22.5 Å². The summed E-state index contributed by atoms with van der Waals surface area (Å²) in [6, 6.07) is 30.8. The van der Waals surface area contributed by atoms with E-state index in [1.807, 2.05) is 94.4 Å². The van der Waals surface area contributed by atoms with Gasteiger partial charge in [0.25, 0.3) is 10.1 Å². The van der Waals surface area contributed by atoms with Gasteiger partial charge in [-0.25, -0.2) is 23.0 Å². The molecule has 7 N–H and O–H groups in total. The van der Waals surface area contributed by atoms with E-state index in [0.29, 0.717) is 69.6 Å². The smallest absolute Gasteiger partial charge is 0.335 e. The first-order valence-corrected chi connectivity index (χ1v) is 25.6. The molecule has 0 unspecified atom stereocenters. The monoisotopic (exact) mass is 996 g/mol. The Morgan fingerprint density at radius 2 is 1.34 bits per heavy atom. The molecule has 364 valence electrons. The van der Waals surface area contributed by atoms with Crippen LogP contribution in [0.15, 0.2) is 119 Å². The average molecular weight is 997 g/mol. The molecule has 0 spiro atoms. The van der Waals surface area contributed by atoms with Gasteiger partial charge in [0.15, 0.2) is 9.84 Å². The standard InChI is InChI=1S/C52H49N7O10S2/c1-29-11-10-12-30(2)47(29)56-37-15-17-40-43(26-37)69-44-27-38(16-18-41(44)46(40)42-13-6-7-14-45(42)71(66,67)68)57-48-31(3)21-34(22-32(48)4)28-70(64,65)20-9-8-19-53-51-54-33(5)55-52(59-51)58-39-24-35(49(60)61)23-36(25-39)50(62)63/h6-7,10-18,21-27,56H,8-9,19-20,28H2,1-5H3,(H,60,61)(H,62,63)(H,66,67,68)(H2,53,54,55,58,59)/p+1. The Balaban J connectivity index is 0.987. The van der Waals surface area contributed by atoms with Gasteiger partial charge in [0, 0.05) is 68.9 Å². The van der Waals surface area contributed by atoms with Crippen molar-refractivity contribution in [2.75, 3.05) is 28.2 Å². The number of anilines is 5. The zero-order chi connectivity index (χ0) is 50.8. The molecule has 0 fully saturated rings. The summed E-state index contributed by atoms with van der Waals surface area (Å²) in [4.78, 5) is 39.1. The molecule has 1 aliphatic carbocycles. The lowest BCUT2D eigenvalue weighted by atomic mass is 9.93. The third-order valence-corrected chi connectivity index (χ3v) is 14.3. The summed E-state index contributed by atoms with van der Waals surface area (Å²) >= 11 is 0. The molecule has 19 heteroatoms. The van der Waals surface area contributed by atoms with Crippen LogP contribution in [0.4, 0.5) is 34.6 Å². The van der Waals surface area contributed by atoms with E-state index < -0.39 is 31.9 Å². The van der Waals surface area contributed by atoms with E-state index in [4.69, 9.17) is 4.42 Å².